The molecule has 7 heavy (non-hydrogen) atoms. The maximum atomic E-state index is 3.81. The minimum absolute atomic E-state index is 1.09. The average Bonchev–Trinajstić information content (AvgIpc) is 1.68. The summed E-state index contributed by atoms with van der Waals surface area (Å²) in [7, 11) is 0. The van der Waals surface area contributed by atoms with Gasteiger partial charge in [0.2, 0.25) is 0 Å². The molecular formula is C7H13. The first-order valence-electron chi connectivity index (χ1n) is 2.82. The van der Waals surface area contributed by atoms with E-state index in [0.29, 0.717) is 0 Å². The van der Waals surface area contributed by atoms with Gasteiger partial charge in [-0.05, 0) is 19.8 Å². The maximum Gasteiger partial charge on any atom is -0.0283 e. The van der Waals surface area contributed by atoms with E-state index in [-0.39, 0.29) is 0 Å². The molecule has 0 aliphatic heterocycles. The van der Waals surface area contributed by atoms with E-state index >= 15 is 0 Å². The van der Waals surface area contributed by atoms with Gasteiger partial charge in [-0.1, -0.05) is 25.5 Å². The Labute approximate surface area is 46.2 Å². The van der Waals surface area contributed by atoms with Gasteiger partial charge in [0.25, 0.3) is 0 Å². The van der Waals surface area contributed by atoms with Crippen molar-refractivity contribution < 1.29 is 0 Å². The Bertz CT molecular complexity index is 60.4. The Morgan fingerprint density at radius 3 is 2.29 bits per heavy atom. The van der Waals surface area contributed by atoms with Gasteiger partial charge in [-0.2, -0.15) is 0 Å². The normalized spacial score (nSPS) is 12.1. The monoisotopic (exact) mass is 97.1 g/mol. The molecule has 0 aliphatic carbocycles. The summed E-state index contributed by atoms with van der Waals surface area (Å²) < 4.78 is 0. The highest BCUT2D eigenvalue weighted by Gasteiger charge is 1.77. The molecule has 0 bridgehead atoms. The summed E-state index contributed by atoms with van der Waals surface area (Å²) in [5.74, 6) is 0. The number of hydrogen-bond acceptors (Lipinski definition) is 0. The van der Waals surface area contributed by atoms with E-state index in [1.54, 1.807) is 0 Å². The lowest BCUT2D eigenvalue weighted by Gasteiger charge is -1.88. The predicted octanol–water partition coefficient (Wildman–Crippen LogP) is 2.57. The molecule has 0 fully saturated rings. The van der Waals surface area contributed by atoms with Crippen molar-refractivity contribution in [2.75, 3.05) is 0 Å². The van der Waals surface area contributed by atoms with Crippen molar-refractivity contribution in [3.05, 3.63) is 18.6 Å². The lowest BCUT2D eigenvalue weighted by atomic mass is 10.2. The maximum absolute atomic E-state index is 3.81. The summed E-state index contributed by atoms with van der Waals surface area (Å²) in [6.45, 7) is 8.05. The molecule has 41 valence electrons. The fourth-order valence-electron chi connectivity index (χ4n) is 0.433. The van der Waals surface area contributed by atoms with Gasteiger partial charge in [-0.25, -0.2) is 0 Å². The van der Waals surface area contributed by atoms with Crippen molar-refractivity contribution in [1.29, 1.82) is 0 Å². The van der Waals surface area contributed by atoms with Gasteiger partial charge in [0.15, 0.2) is 0 Å². The van der Waals surface area contributed by atoms with Crippen LogP contribution in [-0.4, -0.2) is 0 Å². The zero-order valence-electron chi connectivity index (χ0n) is 5.20. The van der Waals surface area contributed by atoms with Crippen LogP contribution in [0, 0.1) is 6.92 Å². The molecular weight excluding hydrogens is 84.1 g/mol. The Morgan fingerprint density at radius 2 is 2.14 bits per heavy atom. The number of hydrogen-bond donors (Lipinski definition) is 0. The van der Waals surface area contributed by atoms with Gasteiger partial charge in [0, 0.05) is 0 Å². The summed E-state index contributed by atoms with van der Waals surface area (Å²) >= 11 is 0. The summed E-state index contributed by atoms with van der Waals surface area (Å²) in [4.78, 5) is 0. The lowest BCUT2D eigenvalue weighted by Crippen LogP contribution is -1.68. The molecule has 0 saturated heterocycles. The number of allylic oxidation sites excluding steroid dienone is 2. The zero-order valence-corrected chi connectivity index (χ0v) is 5.20. The van der Waals surface area contributed by atoms with E-state index in [1.807, 2.05) is 0 Å². The van der Waals surface area contributed by atoms with Crippen molar-refractivity contribution in [1.82, 2.24) is 0 Å². The first-order chi connectivity index (χ1) is 3.31. The molecule has 0 aliphatic rings. The molecule has 1 radical (unpaired) electrons. The van der Waals surface area contributed by atoms with Gasteiger partial charge in [0.1, 0.15) is 0 Å². The highest BCUT2D eigenvalue weighted by Crippen LogP contribution is 1.97. The second kappa shape index (κ2) is 3.91. The Morgan fingerprint density at radius 1 is 1.57 bits per heavy atom. The summed E-state index contributed by atoms with van der Waals surface area (Å²) in [6.07, 6.45) is 4.36. The van der Waals surface area contributed by atoms with Crippen LogP contribution in [0.5, 0.6) is 0 Å². The molecule has 0 aromatic heterocycles. The molecule has 0 N–H and O–H groups in total. The van der Waals surface area contributed by atoms with Gasteiger partial charge in [0.05, 0.1) is 0 Å². The minimum Gasteiger partial charge on any atom is -0.0856 e. The summed E-state index contributed by atoms with van der Waals surface area (Å²) in [5, 5.41) is 0. The van der Waals surface area contributed by atoms with E-state index in [1.165, 1.54) is 5.57 Å². The SMILES string of the molecule is [CH2]/C(=C/CC)CC. The highest BCUT2D eigenvalue weighted by atomic mass is 13.8. The van der Waals surface area contributed by atoms with Crippen LogP contribution < -0.4 is 0 Å². The third-order valence-electron chi connectivity index (χ3n) is 0.947. The van der Waals surface area contributed by atoms with Gasteiger partial charge in [-0.15, -0.1) is 0 Å². The lowest BCUT2D eigenvalue weighted by molar-refractivity contribution is 1.10. The van der Waals surface area contributed by atoms with Crippen LogP contribution in [0.3, 0.4) is 0 Å². The molecule has 0 atom stereocenters. The summed E-state index contributed by atoms with van der Waals surface area (Å²) in [5.41, 5.74) is 1.25. The average molecular weight is 97.2 g/mol. The van der Waals surface area contributed by atoms with E-state index in [4.69, 9.17) is 0 Å². The fourth-order valence-corrected chi connectivity index (χ4v) is 0.433. The van der Waals surface area contributed by atoms with Crippen molar-refractivity contribution in [3.63, 3.8) is 0 Å². The molecule has 0 aromatic rings. The van der Waals surface area contributed by atoms with Gasteiger partial charge < -0.3 is 0 Å². The molecule has 0 nitrogen and oxygen atoms in total. The third-order valence-corrected chi connectivity index (χ3v) is 0.947. The second-order valence-corrected chi connectivity index (χ2v) is 1.62. The van der Waals surface area contributed by atoms with Crippen molar-refractivity contribution in [3.8, 4) is 0 Å². The van der Waals surface area contributed by atoms with Crippen LogP contribution >= 0.6 is 0 Å². The summed E-state index contributed by atoms with van der Waals surface area (Å²) in [6, 6.07) is 0. The van der Waals surface area contributed by atoms with E-state index in [9.17, 15) is 0 Å². The molecule has 0 rings (SSSR count). The quantitative estimate of drug-likeness (QED) is 0.496. The highest BCUT2D eigenvalue weighted by molar-refractivity contribution is 5.03. The smallest absolute Gasteiger partial charge is 0.0283 e. The van der Waals surface area contributed by atoms with E-state index in [0.717, 1.165) is 12.8 Å². The van der Waals surface area contributed by atoms with Crippen LogP contribution in [0.25, 0.3) is 0 Å². The molecule has 0 unspecified atom stereocenters. The second-order valence-electron chi connectivity index (χ2n) is 1.62. The first-order valence-corrected chi connectivity index (χ1v) is 2.82. The van der Waals surface area contributed by atoms with E-state index in [2.05, 4.69) is 26.8 Å². The predicted molar refractivity (Wildman–Crippen MR) is 34.0 cm³/mol. The molecule has 0 saturated carbocycles. The van der Waals surface area contributed by atoms with E-state index < -0.39 is 0 Å². The third kappa shape index (κ3) is 3.57. The zero-order chi connectivity index (χ0) is 5.70. The number of rotatable bonds is 2. The molecule has 0 heterocycles. The molecule has 0 amide bonds. The van der Waals surface area contributed by atoms with Gasteiger partial charge >= 0.3 is 0 Å². The Kier molecular flexibility index (Phi) is 3.77. The topological polar surface area (TPSA) is 0 Å². The van der Waals surface area contributed by atoms with Crippen LogP contribution in [0.1, 0.15) is 26.7 Å². The van der Waals surface area contributed by atoms with Crippen LogP contribution in [0.2, 0.25) is 0 Å². The molecule has 0 heteroatoms. The van der Waals surface area contributed by atoms with Crippen molar-refractivity contribution in [2.24, 2.45) is 0 Å². The Balaban J connectivity index is 3.29. The first kappa shape index (κ1) is 6.74. The standard InChI is InChI=1S/C7H13/c1-4-6-7(3)5-2/h6H,3-5H2,1-2H3/b7-6-. The molecule has 0 aromatic carbocycles. The van der Waals surface area contributed by atoms with Crippen molar-refractivity contribution in [2.45, 2.75) is 26.7 Å². The Hall–Kier alpha value is -0.260. The van der Waals surface area contributed by atoms with Crippen LogP contribution in [0.4, 0.5) is 0 Å². The van der Waals surface area contributed by atoms with Crippen LogP contribution in [0.15, 0.2) is 11.6 Å². The molecule has 0 spiro atoms. The van der Waals surface area contributed by atoms with Crippen LogP contribution in [-0.2, 0) is 0 Å². The fraction of sp³-hybridized carbons (Fsp3) is 0.571. The van der Waals surface area contributed by atoms with Crippen molar-refractivity contribution >= 4 is 0 Å². The minimum atomic E-state index is 1.09. The van der Waals surface area contributed by atoms with Gasteiger partial charge in [-0.3, -0.25) is 0 Å². The largest absolute Gasteiger partial charge is 0.0856 e.